The molecule has 0 amide bonds. The number of aromatic nitrogens is 1. The standard InChI is InChI=1S/C15H19FN2/c1-10(2)18-9-11(8-17-12-6-7-12)13-4-3-5-14(16)15(13)18/h3-5,9-10,12,17H,6-8H2,1-2H3. The molecule has 0 spiro atoms. The van der Waals surface area contributed by atoms with Gasteiger partial charge in [0.25, 0.3) is 0 Å². The lowest BCUT2D eigenvalue weighted by molar-refractivity contribution is 0.586. The second-order valence-electron chi connectivity index (χ2n) is 5.45. The highest BCUT2D eigenvalue weighted by Crippen LogP contribution is 2.28. The van der Waals surface area contributed by atoms with E-state index in [1.807, 2.05) is 10.6 Å². The summed E-state index contributed by atoms with van der Waals surface area (Å²) in [5.74, 6) is -0.126. The van der Waals surface area contributed by atoms with Crippen LogP contribution < -0.4 is 5.32 Å². The van der Waals surface area contributed by atoms with E-state index >= 15 is 0 Å². The van der Waals surface area contributed by atoms with Gasteiger partial charge < -0.3 is 9.88 Å². The third-order valence-electron chi connectivity index (χ3n) is 3.60. The van der Waals surface area contributed by atoms with Crippen molar-refractivity contribution in [1.29, 1.82) is 0 Å². The van der Waals surface area contributed by atoms with Crippen LogP contribution in [0.3, 0.4) is 0 Å². The Bertz CT molecular complexity index is 567. The Hall–Kier alpha value is -1.35. The Morgan fingerprint density at radius 2 is 2.17 bits per heavy atom. The molecule has 0 bridgehead atoms. The molecule has 1 aromatic carbocycles. The zero-order valence-corrected chi connectivity index (χ0v) is 10.9. The maximum absolute atomic E-state index is 14.0. The fraction of sp³-hybridized carbons (Fsp3) is 0.467. The maximum atomic E-state index is 14.0. The van der Waals surface area contributed by atoms with E-state index in [0.29, 0.717) is 6.04 Å². The molecule has 3 heteroatoms. The number of hydrogen-bond acceptors (Lipinski definition) is 1. The summed E-state index contributed by atoms with van der Waals surface area (Å²) in [6, 6.07) is 6.30. The van der Waals surface area contributed by atoms with Crippen LogP contribution in [0, 0.1) is 5.82 Å². The van der Waals surface area contributed by atoms with E-state index in [1.165, 1.54) is 18.4 Å². The molecule has 0 atom stereocenters. The van der Waals surface area contributed by atoms with Gasteiger partial charge in [0.05, 0.1) is 5.52 Å². The number of nitrogens with zero attached hydrogens (tertiary/aromatic N) is 1. The monoisotopic (exact) mass is 246 g/mol. The van der Waals surface area contributed by atoms with Crippen LogP contribution in [0.2, 0.25) is 0 Å². The van der Waals surface area contributed by atoms with Gasteiger partial charge in [0.15, 0.2) is 0 Å². The lowest BCUT2D eigenvalue weighted by Gasteiger charge is -2.09. The molecule has 1 aliphatic rings. The normalized spacial score (nSPS) is 15.8. The summed E-state index contributed by atoms with van der Waals surface area (Å²) in [6.45, 7) is 5.01. The number of halogens is 1. The molecular formula is C15H19FN2. The Balaban J connectivity index is 2.04. The fourth-order valence-electron chi connectivity index (χ4n) is 2.43. The smallest absolute Gasteiger partial charge is 0.147 e. The number of nitrogens with one attached hydrogen (secondary N) is 1. The Labute approximate surface area is 107 Å². The number of hydrogen-bond donors (Lipinski definition) is 1. The average Bonchev–Trinajstić information content (AvgIpc) is 3.08. The predicted molar refractivity (Wildman–Crippen MR) is 72.1 cm³/mol. The molecule has 1 saturated carbocycles. The molecule has 2 aromatic rings. The number of rotatable bonds is 4. The second kappa shape index (κ2) is 4.39. The Morgan fingerprint density at radius 3 is 2.83 bits per heavy atom. The zero-order chi connectivity index (χ0) is 12.7. The van der Waals surface area contributed by atoms with Gasteiger partial charge in [-0.3, -0.25) is 0 Å². The molecule has 1 aliphatic carbocycles. The summed E-state index contributed by atoms with van der Waals surface area (Å²) in [5.41, 5.74) is 1.94. The fourth-order valence-corrected chi connectivity index (χ4v) is 2.43. The molecule has 2 nitrogen and oxygen atoms in total. The van der Waals surface area contributed by atoms with Gasteiger partial charge in [-0.15, -0.1) is 0 Å². The Morgan fingerprint density at radius 1 is 1.39 bits per heavy atom. The van der Waals surface area contributed by atoms with Crippen LogP contribution in [-0.4, -0.2) is 10.6 Å². The first-order valence-electron chi connectivity index (χ1n) is 6.68. The van der Waals surface area contributed by atoms with Crippen molar-refractivity contribution in [3.8, 4) is 0 Å². The van der Waals surface area contributed by atoms with E-state index in [9.17, 15) is 4.39 Å². The summed E-state index contributed by atoms with van der Waals surface area (Å²) in [4.78, 5) is 0. The largest absolute Gasteiger partial charge is 0.342 e. The molecule has 96 valence electrons. The minimum absolute atomic E-state index is 0.126. The zero-order valence-electron chi connectivity index (χ0n) is 10.9. The minimum Gasteiger partial charge on any atom is -0.342 e. The van der Waals surface area contributed by atoms with Crippen molar-refractivity contribution in [2.24, 2.45) is 0 Å². The highest BCUT2D eigenvalue weighted by atomic mass is 19.1. The summed E-state index contributed by atoms with van der Waals surface area (Å²) in [6.07, 6.45) is 4.64. The lowest BCUT2D eigenvalue weighted by atomic mass is 10.1. The third kappa shape index (κ3) is 2.03. The van der Waals surface area contributed by atoms with Crippen LogP contribution in [0.25, 0.3) is 10.9 Å². The van der Waals surface area contributed by atoms with Gasteiger partial charge >= 0.3 is 0 Å². The van der Waals surface area contributed by atoms with E-state index in [2.05, 4.69) is 25.4 Å². The van der Waals surface area contributed by atoms with E-state index < -0.39 is 0 Å². The van der Waals surface area contributed by atoms with Crippen molar-refractivity contribution in [2.75, 3.05) is 0 Å². The quantitative estimate of drug-likeness (QED) is 0.872. The summed E-state index contributed by atoms with van der Waals surface area (Å²) in [7, 11) is 0. The molecule has 1 aromatic heterocycles. The van der Waals surface area contributed by atoms with Crippen molar-refractivity contribution in [1.82, 2.24) is 9.88 Å². The van der Waals surface area contributed by atoms with Crippen LogP contribution in [-0.2, 0) is 6.54 Å². The average molecular weight is 246 g/mol. The van der Waals surface area contributed by atoms with Crippen molar-refractivity contribution in [2.45, 2.75) is 45.3 Å². The maximum Gasteiger partial charge on any atom is 0.147 e. The van der Waals surface area contributed by atoms with E-state index in [-0.39, 0.29) is 11.9 Å². The number of fused-ring (bicyclic) bond motifs is 1. The van der Waals surface area contributed by atoms with Crippen LogP contribution in [0.15, 0.2) is 24.4 Å². The van der Waals surface area contributed by atoms with Gasteiger partial charge in [0.2, 0.25) is 0 Å². The van der Waals surface area contributed by atoms with E-state index in [4.69, 9.17) is 0 Å². The van der Waals surface area contributed by atoms with Crippen LogP contribution >= 0.6 is 0 Å². The summed E-state index contributed by atoms with van der Waals surface area (Å²) >= 11 is 0. The van der Waals surface area contributed by atoms with Gasteiger partial charge in [-0.05, 0) is 38.3 Å². The Kier molecular flexibility index (Phi) is 2.86. The molecule has 0 saturated heterocycles. The van der Waals surface area contributed by atoms with Gasteiger partial charge in [0, 0.05) is 30.2 Å². The van der Waals surface area contributed by atoms with Crippen LogP contribution in [0.5, 0.6) is 0 Å². The SMILES string of the molecule is CC(C)n1cc(CNC2CC2)c2cccc(F)c21. The molecule has 0 aliphatic heterocycles. The first-order valence-corrected chi connectivity index (χ1v) is 6.68. The van der Waals surface area contributed by atoms with Crippen LogP contribution in [0.1, 0.15) is 38.3 Å². The van der Waals surface area contributed by atoms with Crippen molar-refractivity contribution >= 4 is 10.9 Å². The molecule has 18 heavy (non-hydrogen) atoms. The van der Waals surface area contributed by atoms with Crippen LogP contribution in [0.4, 0.5) is 4.39 Å². The van der Waals surface area contributed by atoms with E-state index in [1.54, 1.807) is 12.1 Å². The third-order valence-corrected chi connectivity index (χ3v) is 3.60. The second-order valence-corrected chi connectivity index (χ2v) is 5.45. The minimum atomic E-state index is -0.126. The topological polar surface area (TPSA) is 17.0 Å². The molecule has 1 heterocycles. The summed E-state index contributed by atoms with van der Waals surface area (Å²) in [5, 5.41) is 4.54. The number of para-hydroxylation sites is 1. The number of benzene rings is 1. The predicted octanol–water partition coefficient (Wildman–Crippen LogP) is 3.61. The van der Waals surface area contributed by atoms with Gasteiger partial charge in [0.1, 0.15) is 5.82 Å². The molecule has 3 rings (SSSR count). The molecule has 1 fully saturated rings. The van der Waals surface area contributed by atoms with E-state index in [0.717, 1.165) is 17.4 Å². The van der Waals surface area contributed by atoms with Gasteiger partial charge in [-0.25, -0.2) is 4.39 Å². The highest BCUT2D eigenvalue weighted by molar-refractivity contribution is 5.84. The van der Waals surface area contributed by atoms with Crippen molar-refractivity contribution in [3.63, 3.8) is 0 Å². The van der Waals surface area contributed by atoms with Gasteiger partial charge in [-0.2, -0.15) is 0 Å². The first kappa shape index (κ1) is 11.7. The van der Waals surface area contributed by atoms with Crippen molar-refractivity contribution < 1.29 is 4.39 Å². The highest BCUT2D eigenvalue weighted by Gasteiger charge is 2.21. The van der Waals surface area contributed by atoms with Gasteiger partial charge in [-0.1, -0.05) is 12.1 Å². The molecule has 0 radical (unpaired) electrons. The first-order chi connectivity index (χ1) is 8.66. The van der Waals surface area contributed by atoms with Crippen molar-refractivity contribution in [3.05, 3.63) is 35.8 Å². The molecule has 1 N–H and O–H groups in total. The lowest BCUT2D eigenvalue weighted by Crippen LogP contribution is -2.15. The molecular weight excluding hydrogens is 227 g/mol. The molecule has 0 unspecified atom stereocenters. The summed E-state index contributed by atoms with van der Waals surface area (Å²) < 4.78 is 16.0.